The average Bonchev–Trinajstić information content (AvgIpc) is 3.32. The molecule has 0 aliphatic heterocycles. The highest BCUT2D eigenvalue weighted by atomic mass is 16.5. The Morgan fingerprint density at radius 2 is 1.96 bits per heavy atom. The van der Waals surface area contributed by atoms with Crippen molar-refractivity contribution in [3.63, 3.8) is 0 Å². The van der Waals surface area contributed by atoms with Crippen molar-refractivity contribution in [3.05, 3.63) is 60.4 Å². The van der Waals surface area contributed by atoms with Gasteiger partial charge in [0, 0.05) is 38.7 Å². The molecule has 0 spiro atoms. The minimum atomic E-state index is -0.0144. The number of pyridine rings is 1. The van der Waals surface area contributed by atoms with E-state index in [1.54, 1.807) is 18.1 Å². The van der Waals surface area contributed by atoms with Gasteiger partial charge in [0.25, 0.3) is 0 Å². The van der Waals surface area contributed by atoms with Gasteiger partial charge in [-0.3, -0.25) is 4.79 Å². The number of hydrogen-bond acceptors (Lipinski definition) is 6. The molecule has 1 aromatic carbocycles. The summed E-state index contributed by atoms with van der Waals surface area (Å²) in [4.78, 5) is 27.3. The van der Waals surface area contributed by atoms with Crippen molar-refractivity contribution >= 4 is 17.1 Å². The van der Waals surface area contributed by atoms with E-state index in [1.165, 1.54) is 0 Å². The lowest BCUT2D eigenvalue weighted by molar-refractivity contribution is -0.130. The Labute approximate surface area is 161 Å². The summed E-state index contributed by atoms with van der Waals surface area (Å²) >= 11 is 0. The zero-order chi connectivity index (χ0) is 19.5. The normalized spacial score (nSPS) is 11.1. The highest BCUT2D eigenvalue weighted by Gasteiger charge is 2.16. The van der Waals surface area contributed by atoms with Gasteiger partial charge in [0.15, 0.2) is 5.65 Å². The van der Waals surface area contributed by atoms with Crippen LogP contribution in [0.25, 0.3) is 22.6 Å². The third-order valence-electron chi connectivity index (χ3n) is 4.58. The number of fused-ring (bicyclic) bond motifs is 1. The number of aromatic nitrogens is 5. The van der Waals surface area contributed by atoms with E-state index in [0.29, 0.717) is 24.6 Å². The minimum Gasteiger partial charge on any atom is -0.337 e. The molecule has 0 saturated carbocycles. The highest BCUT2D eigenvalue weighted by molar-refractivity contribution is 5.76. The molecule has 0 aliphatic carbocycles. The SMILES string of the molecule is CN(Cc1nc(-c2ccccc2)no1)C(=O)CCc1nc2cccnc2n1C. The fourth-order valence-corrected chi connectivity index (χ4v) is 3.02. The molecule has 4 aromatic rings. The molecule has 0 N–H and O–H groups in total. The van der Waals surface area contributed by atoms with E-state index >= 15 is 0 Å². The number of carbonyl (C=O) groups excluding carboxylic acids is 1. The number of benzene rings is 1. The Bertz CT molecular complexity index is 1100. The maximum absolute atomic E-state index is 12.5. The first kappa shape index (κ1) is 17.8. The molecule has 4 rings (SSSR count). The van der Waals surface area contributed by atoms with E-state index in [2.05, 4.69) is 20.1 Å². The molecule has 0 unspecified atom stereocenters. The second-order valence-corrected chi connectivity index (χ2v) is 6.56. The van der Waals surface area contributed by atoms with E-state index in [-0.39, 0.29) is 12.5 Å². The van der Waals surface area contributed by atoms with Gasteiger partial charge in [0.05, 0.1) is 6.54 Å². The van der Waals surface area contributed by atoms with Crippen LogP contribution in [0.2, 0.25) is 0 Å². The summed E-state index contributed by atoms with van der Waals surface area (Å²) in [6, 6.07) is 13.4. The van der Waals surface area contributed by atoms with Gasteiger partial charge < -0.3 is 14.0 Å². The predicted octanol–water partition coefficient (Wildman–Crippen LogP) is 2.61. The number of aryl methyl sites for hydroxylation is 2. The van der Waals surface area contributed by atoms with Crippen LogP contribution in [0.15, 0.2) is 53.2 Å². The quantitative estimate of drug-likeness (QED) is 0.514. The van der Waals surface area contributed by atoms with Crippen molar-refractivity contribution in [1.29, 1.82) is 0 Å². The number of rotatable bonds is 6. The molecule has 0 radical (unpaired) electrons. The van der Waals surface area contributed by atoms with Crippen LogP contribution in [0.5, 0.6) is 0 Å². The van der Waals surface area contributed by atoms with Gasteiger partial charge in [-0.25, -0.2) is 9.97 Å². The monoisotopic (exact) mass is 376 g/mol. The molecule has 3 aromatic heterocycles. The van der Waals surface area contributed by atoms with E-state index in [9.17, 15) is 4.79 Å². The first-order valence-corrected chi connectivity index (χ1v) is 9.00. The first-order valence-electron chi connectivity index (χ1n) is 9.00. The summed E-state index contributed by atoms with van der Waals surface area (Å²) in [5, 5.41) is 3.98. The lowest BCUT2D eigenvalue weighted by Gasteiger charge is -2.14. The maximum Gasteiger partial charge on any atom is 0.246 e. The van der Waals surface area contributed by atoms with E-state index in [4.69, 9.17) is 4.52 Å². The number of carbonyl (C=O) groups is 1. The molecule has 0 saturated heterocycles. The van der Waals surface area contributed by atoms with Crippen LogP contribution in [0, 0.1) is 0 Å². The summed E-state index contributed by atoms with van der Waals surface area (Å²) in [6.07, 6.45) is 2.61. The zero-order valence-corrected chi connectivity index (χ0v) is 15.7. The minimum absolute atomic E-state index is 0.0144. The van der Waals surface area contributed by atoms with E-state index in [0.717, 1.165) is 22.6 Å². The summed E-state index contributed by atoms with van der Waals surface area (Å²) in [6.45, 7) is 0.267. The molecule has 0 bridgehead atoms. The molecule has 0 aliphatic rings. The Morgan fingerprint density at radius 3 is 2.75 bits per heavy atom. The van der Waals surface area contributed by atoms with Crippen molar-refractivity contribution in [2.75, 3.05) is 7.05 Å². The maximum atomic E-state index is 12.5. The largest absolute Gasteiger partial charge is 0.337 e. The summed E-state index contributed by atoms with van der Waals surface area (Å²) in [5.41, 5.74) is 2.53. The molecule has 3 heterocycles. The van der Waals surface area contributed by atoms with Crippen molar-refractivity contribution in [2.45, 2.75) is 19.4 Å². The Balaban J connectivity index is 1.37. The molecule has 8 heteroatoms. The van der Waals surface area contributed by atoms with Crippen LogP contribution in [0.4, 0.5) is 0 Å². The first-order chi connectivity index (χ1) is 13.6. The number of amides is 1. The van der Waals surface area contributed by atoms with Crippen molar-refractivity contribution < 1.29 is 9.32 Å². The van der Waals surface area contributed by atoms with Crippen LogP contribution < -0.4 is 0 Å². The molecule has 1 amide bonds. The Kier molecular flexibility index (Phi) is 4.84. The fraction of sp³-hybridized carbons (Fsp3) is 0.250. The van der Waals surface area contributed by atoms with Gasteiger partial charge in [-0.05, 0) is 12.1 Å². The molecule has 142 valence electrons. The summed E-state index contributed by atoms with van der Waals surface area (Å²) < 4.78 is 7.21. The van der Waals surface area contributed by atoms with Gasteiger partial charge in [-0.1, -0.05) is 35.5 Å². The van der Waals surface area contributed by atoms with Crippen molar-refractivity contribution in [2.24, 2.45) is 7.05 Å². The second kappa shape index (κ2) is 7.59. The van der Waals surface area contributed by atoms with Crippen LogP contribution >= 0.6 is 0 Å². The van der Waals surface area contributed by atoms with Crippen LogP contribution in [-0.4, -0.2) is 42.5 Å². The van der Waals surface area contributed by atoms with Gasteiger partial charge >= 0.3 is 0 Å². The molecular weight excluding hydrogens is 356 g/mol. The molecule has 28 heavy (non-hydrogen) atoms. The molecule has 0 fully saturated rings. The predicted molar refractivity (Wildman–Crippen MR) is 103 cm³/mol. The fourth-order valence-electron chi connectivity index (χ4n) is 3.02. The van der Waals surface area contributed by atoms with Crippen molar-refractivity contribution in [1.82, 2.24) is 29.6 Å². The van der Waals surface area contributed by atoms with Crippen LogP contribution in [0.3, 0.4) is 0 Å². The average molecular weight is 376 g/mol. The third kappa shape index (κ3) is 3.62. The van der Waals surface area contributed by atoms with Gasteiger partial charge in [-0.15, -0.1) is 0 Å². The van der Waals surface area contributed by atoms with E-state index in [1.807, 2.05) is 54.1 Å². The standard InChI is InChI=1S/C20H20N6O2/c1-25(13-17-23-19(24-28-17)14-7-4-3-5-8-14)18(27)11-10-16-22-15-9-6-12-21-20(15)26(16)2/h3-9,12H,10-11,13H2,1-2H3. The van der Waals surface area contributed by atoms with Gasteiger partial charge in [0.2, 0.25) is 17.6 Å². The smallest absolute Gasteiger partial charge is 0.246 e. The molecular formula is C20H20N6O2. The molecule has 0 atom stereocenters. The Morgan fingerprint density at radius 1 is 1.14 bits per heavy atom. The van der Waals surface area contributed by atoms with Gasteiger partial charge in [-0.2, -0.15) is 4.98 Å². The summed E-state index contributed by atoms with van der Waals surface area (Å²) in [5.74, 6) is 1.74. The lowest BCUT2D eigenvalue weighted by atomic mass is 10.2. The number of hydrogen-bond donors (Lipinski definition) is 0. The van der Waals surface area contributed by atoms with E-state index < -0.39 is 0 Å². The van der Waals surface area contributed by atoms with Crippen molar-refractivity contribution in [3.8, 4) is 11.4 Å². The Hall–Kier alpha value is -3.55. The summed E-state index contributed by atoms with van der Waals surface area (Å²) in [7, 11) is 3.64. The molecule has 8 nitrogen and oxygen atoms in total. The highest BCUT2D eigenvalue weighted by Crippen LogP contribution is 2.16. The second-order valence-electron chi connectivity index (χ2n) is 6.56. The number of nitrogens with zero attached hydrogens (tertiary/aromatic N) is 6. The number of imidazole rings is 1. The zero-order valence-electron chi connectivity index (χ0n) is 15.7. The van der Waals surface area contributed by atoms with Crippen LogP contribution in [-0.2, 0) is 24.8 Å². The topological polar surface area (TPSA) is 89.9 Å². The third-order valence-corrected chi connectivity index (χ3v) is 4.58. The van der Waals surface area contributed by atoms with Crippen LogP contribution in [0.1, 0.15) is 18.1 Å². The van der Waals surface area contributed by atoms with Gasteiger partial charge in [0.1, 0.15) is 11.3 Å². The lowest BCUT2D eigenvalue weighted by Crippen LogP contribution is -2.26.